The topological polar surface area (TPSA) is 70.8 Å². The van der Waals surface area contributed by atoms with Gasteiger partial charge in [-0.25, -0.2) is 4.79 Å². The first-order chi connectivity index (χ1) is 14.3. The molecule has 5 nitrogen and oxygen atoms in total. The summed E-state index contributed by atoms with van der Waals surface area (Å²) >= 11 is 20.0. The first-order valence-corrected chi connectivity index (χ1v) is 12.2. The Kier molecular flexibility index (Phi) is 7.92. The molecule has 1 aliphatic rings. The summed E-state index contributed by atoms with van der Waals surface area (Å²) < 4.78 is 6.04. The van der Waals surface area contributed by atoms with E-state index in [1.807, 2.05) is 6.26 Å². The van der Waals surface area contributed by atoms with Crippen molar-refractivity contribution in [3.05, 3.63) is 51.0 Å². The molecule has 1 aromatic heterocycles. The van der Waals surface area contributed by atoms with Crippen molar-refractivity contribution in [2.45, 2.75) is 18.9 Å². The third-order valence-electron chi connectivity index (χ3n) is 4.35. The fraction of sp³-hybridized carbons (Fsp3) is 0.250. The molecule has 0 radical (unpaired) electrons. The second-order valence-electron chi connectivity index (χ2n) is 6.37. The van der Waals surface area contributed by atoms with Gasteiger partial charge < -0.3 is 9.52 Å². The van der Waals surface area contributed by atoms with Crippen molar-refractivity contribution in [2.75, 3.05) is 12.0 Å². The Hall–Kier alpha value is -1.45. The molecule has 0 spiro atoms. The van der Waals surface area contributed by atoms with Crippen LogP contribution in [-0.4, -0.2) is 44.3 Å². The summed E-state index contributed by atoms with van der Waals surface area (Å²) in [4.78, 5) is 26.1. The van der Waals surface area contributed by atoms with Crippen LogP contribution >= 0.6 is 58.9 Å². The predicted octanol–water partition coefficient (Wildman–Crippen LogP) is 6.05. The van der Waals surface area contributed by atoms with Crippen molar-refractivity contribution in [2.24, 2.45) is 0 Å². The van der Waals surface area contributed by atoms with E-state index in [0.717, 1.165) is 23.1 Å². The Morgan fingerprint density at radius 2 is 2.10 bits per heavy atom. The second kappa shape index (κ2) is 10.2. The normalized spacial score (nSPS) is 16.5. The van der Waals surface area contributed by atoms with Crippen molar-refractivity contribution in [1.82, 2.24) is 4.90 Å². The van der Waals surface area contributed by atoms with Gasteiger partial charge >= 0.3 is 5.97 Å². The van der Waals surface area contributed by atoms with Crippen LogP contribution in [-0.2, 0) is 9.59 Å². The average molecular weight is 502 g/mol. The van der Waals surface area contributed by atoms with Crippen molar-refractivity contribution < 1.29 is 19.1 Å². The lowest BCUT2D eigenvalue weighted by Crippen LogP contribution is -2.43. The Labute approximate surface area is 197 Å². The molecule has 3 rings (SSSR count). The van der Waals surface area contributed by atoms with E-state index in [1.54, 1.807) is 48.2 Å². The van der Waals surface area contributed by atoms with Gasteiger partial charge in [-0.05, 0) is 55.2 Å². The Morgan fingerprint density at radius 1 is 1.33 bits per heavy atom. The largest absolute Gasteiger partial charge is 0.480 e. The number of nitrogens with zero attached hydrogens (tertiary/aromatic N) is 1. The van der Waals surface area contributed by atoms with Crippen LogP contribution < -0.4 is 0 Å². The Morgan fingerprint density at radius 3 is 2.77 bits per heavy atom. The van der Waals surface area contributed by atoms with E-state index in [1.165, 1.54) is 4.90 Å². The maximum atomic E-state index is 12.9. The molecule has 2 aromatic rings. The quantitative estimate of drug-likeness (QED) is 0.268. The van der Waals surface area contributed by atoms with Crippen LogP contribution in [0.25, 0.3) is 17.4 Å². The summed E-state index contributed by atoms with van der Waals surface area (Å²) in [7, 11) is 0. The lowest BCUT2D eigenvalue weighted by molar-refractivity contribution is -0.145. The zero-order chi connectivity index (χ0) is 21.8. The number of carboxylic acids is 1. The van der Waals surface area contributed by atoms with E-state index in [9.17, 15) is 14.7 Å². The molecule has 2 heterocycles. The van der Waals surface area contributed by atoms with Gasteiger partial charge in [0.2, 0.25) is 0 Å². The SMILES string of the molecule is CSCCCC(C(=O)O)N1C(=O)/C(=C/c2ccc(-c3ccc(Cl)c(Cl)c3)o2)SC1=S. The van der Waals surface area contributed by atoms with Gasteiger partial charge in [-0.1, -0.05) is 47.2 Å². The van der Waals surface area contributed by atoms with Gasteiger partial charge in [0.05, 0.1) is 15.0 Å². The second-order valence-corrected chi connectivity index (χ2v) is 9.85. The number of furan rings is 1. The molecular formula is C20H17Cl2NO4S3. The summed E-state index contributed by atoms with van der Waals surface area (Å²) in [5.41, 5.74) is 0.747. The molecule has 1 amide bonds. The highest BCUT2D eigenvalue weighted by Crippen LogP contribution is 2.36. The third kappa shape index (κ3) is 5.23. The molecule has 1 aromatic carbocycles. The fourth-order valence-corrected chi connectivity index (χ4v) is 4.99. The summed E-state index contributed by atoms with van der Waals surface area (Å²) in [6.45, 7) is 0. The molecule has 0 bridgehead atoms. The van der Waals surface area contributed by atoms with E-state index in [2.05, 4.69) is 0 Å². The molecule has 1 saturated heterocycles. The van der Waals surface area contributed by atoms with E-state index in [4.69, 9.17) is 39.8 Å². The van der Waals surface area contributed by atoms with Crippen molar-refractivity contribution in [1.29, 1.82) is 0 Å². The van der Waals surface area contributed by atoms with E-state index < -0.39 is 17.9 Å². The number of hydrogen-bond acceptors (Lipinski definition) is 6. The minimum Gasteiger partial charge on any atom is -0.480 e. The van der Waals surface area contributed by atoms with Crippen molar-refractivity contribution >= 4 is 81.2 Å². The van der Waals surface area contributed by atoms with Gasteiger partial charge in [0.1, 0.15) is 21.9 Å². The van der Waals surface area contributed by atoms with Gasteiger partial charge in [-0.2, -0.15) is 11.8 Å². The average Bonchev–Trinajstić information content (AvgIpc) is 3.27. The first kappa shape index (κ1) is 23.2. The number of amides is 1. The minimum atomic E-state index is -1.06. The smallest absolute Gasteiger partial charge is 0.326 e. The number of thioether (sulfide) groups is 2. The number of halogens is 2. The summed E-state index contributed by atoms with van der Waals surface area (Å²) in [5.74, 6) is 0.349. The number of carboxylic acid groups (broad SMARTS) is 1. The zero-order valence-corrected chi connectivity index (χ0v) is 19.7. The number of carbonyl (C=O) groups is 2. The highest BCUT2D eigenvalue weighted by Gasteiger charge is 2.40. The number of rotatable bonds is 8. The van der Waals surface area contributed by atoms with Gasteiger partial charge in [-0.15, -0.1) is 0 Å². The summed E-state index contributed by atoms with van der Waals surface area (Å²) in [6.07, 6.45) is 4.55. The van der Waals surface area contributed by atoms with E-state index in [-0.39, 0.29) is 4.32 Å². The van der Waals surface area contributed by atoms with Crippen molar-refractivity contribution in [3.8, 4) is 11.3 Å². The molecule has 0 aliphatic carbocycles. The van der Waals surface area contributed by atoms with Crippen LogP contribution in [0.3, 0.4) is 0 Å². The van der Waals surface area contributed by atoms with Gasteiger partial charge in [0, 0.05) is 11.6 Å². The fourth-order valence-electron chi connectivity index (χ4n) is 2.90. The van der Waals surface area contributed by atoms with E-state index in [0.29, 0.717) is 39.3 Å². The number of carbonyl (C=O) groups excluding carboxylic acids is 1. The van der Waals surface area contributed by atoms with Crippen LogP contribution in [0.4, 0.5) is 0 Å². The molecule has 30 heavy (non-hydrogen) atoms. The maximum Gasteiger partial charge on any atom is 0.326 e. The van der Waals surface area contributed by atoms with Crippen LogP contribution in [0.15, 0.2) is 39.7 Å². The molecule has 1 N–H and O–H groups in total. The first-order valence-electron chi connectivity index (χ1n) is 8.86. The number of aliphatic carboxylic acids is 1. The lowest BCUT2D eigenvalue weighted by atomic mass is 10.1. The number of benzene rings is 1. The Bertz CT molecular complexity index is 1020. The molecule has 0 saturated carbocycles. The molecule has 1 fully saturated rings. The highest BCUT2D eigenvalue weighted by atomic mass is 35.5. The highest BCUT2D eigenvalue weighted by molar-refractivity contribution is 8.26. The summed E-state index contributed by atoms with van der Waals surface area (Å²) in [5, 5.41) is 10.4. The molecule has 1 aliphatic heterocycles. The molecule has 1 atom stereocenters. The van der Waals surface area contributed by atoms with Gasteiger partial charge in [0.25, 0.3) is 5.91 Å². The third-order valence-corrected chi connectivity index (χ3v) is 7.12. The van der Waals surface area contributed by atoms with Crippen molar-refractivity contribution in [3.63, 3.8) is 0 Å². The van der Waals surface area contributed by atoms with Crippen LogP contribution in [0.5, 0.6) is 0 Å². The van der Waals surface area contributed by atoms with E-state index >= 15 is 0 Å². The monoisotopic (exact) mass is 501 g/mol. The van der Waals surface area contributed by atoms with Crippen LogP contribution in [0.1, 0.15) is 18.6 Å². The zero-order valence-electron chi connectivity index (χ0n) is 15.8. The molecule has 10 heteroatoms. The number of hydrogen-bond donors (Lipinski definition) is 1. The van der Waals surface area contributed by atoms with Crippen LogP contribution in [0, 0.1) is 0 Å². The van der Waals surface area contributed by atoms with Gasteiger partial charge in [0.15, 0.2) is 0 Å². The summed E-state index contributed by atoms with van der Waals surface area (Å²) in [6, 6.07) is 7.65. The minimum absolute atomic E-state index is 0.235. The molecule has 158 valence electrons. The Balaban J connectivity index is 1.80. The standard InChI is InChI=1S/C20H17Cl2NO4S3/c1-29-8-2-3-15(19(25)26)23-18(24)17(30-20(23)28)10-12-5-7-16(27-12)11-4-6-13(21)14(22)9-11/h4-7,9-10,15H,2-3,8H2,1H3,(H,25,26)/b17-10-. The molecule has 1 unspecified atom stereocenters. The van der Waals surface area contributed by atoms with Crippen LogP contribution in [0.2, 0.25) is 10.0 Å². The number of thiocarbonyl (C=S) groups is 1. The lowest BCUT2D eigenvalue weighted by Gasteiger charge is -2.22. The maximum absolute atomic E-state index is 12.9. The van der Waals surface area contributed by atoms with Gasteiger partial charge in [-0.3, -0.25) is 9.69 Å². The molecular weight excluding hydrogens is 485 g/mol. The predicted molar refractivity (Wildman–Crippen MR) is 128 cm³/mol.